The molecule has 8 nitrogen and oxygen atoms in total. The van der Waals surface area contributed by atoms with E-state index in [0.29, 0.717) is 22.8 Å². The van der Waals surface area contributed by atoms with Crippen LogP contribution in [0.5, 0.6) is 5.75 Å². The highest BCUT2D eigenvalue weighted by molar-refractivity contribution is 6.31. The predicted octanol–water partition coefficient (Wildman–Crippen LogP) is 4.16. The maximum atomic E-state index is 13.4. The Morgan fingerprint density at radius 3 is 2.47 bits per heavy atom. The Kier molecular flexibility index (Phi) is 6.84. The van der Waals surface area contributed by atoms with Crippen molar-refractivity contribution in [3.63, 3.8) is 0 Å². The van der Waals surface area contributed by atoms with Gasteiger partial charge in [-0.25, -0.2) is 4.98 Å². The minimum Gasteiger partial charge on any atom is -0.485 e. The highest BCUT2D eigenvalue weighted by atomic mass is 35.5. The molecule has 4 heterocycles. The molecule has 0 amide bonds. The van der Waals surface area contributed by atoms with Gasteiger partial charge in [0.15, 0.2) is 0 Å². The third-order valence-electron chi connectivity index (χ3n) is 5.94. The van der Waals surface area contributed by atoms with Gasteiger partial charge in [0.25, 0.3) is 11.1 Å². The van der Waals surface area contributed by atoms with E-state index in [2.05, 4.69) is 9.97 Å². The fourth-order valence-corrected chi connectivity index (χ4v) is 4.11. The Balaban J connectivity index is 1.77. The lowest BCUT2D eigenvalue weighted by Crippen LogP contribution is -2.31. The number of aromatic nitrogens is 4. The normalized spacial score (nSPS) is 11.5. The van der Waals surface area contributed by atoms with Crippen LogP contribution in [0.1, 0.15) is 41.9 Å². The summed E-state index contributed by atoms with van der Waals surface area (Å²) < 4.78 is 8.65. The van der Waals surface area contributed by atoms with Crippen LogP contribution in [-0.4, -0.2) is 24.2 Å². The molecule has 4 aromatic rings. The van der Waals surface area contributed by atoms with Crippen molar-refractivity contribution in [2.75, 3.05) is 0 Å². The van der Waals surface area contributed by atoms with Gasteiger partial charge in [0.05, 0.1) is 17.0 Å². The second-order valence-corrected chi connectivity index (χ2v) is 9.52. The van der Waals surface area contributed by atoms with Crippen molar-refractivity contribution < 1.29 is 9.84 Å². The smallest absolute Gasteiger partial charge is 0.277 e. The van der Waals surface area contributed by atoms with Gasteiger partial charge >= 0.3 is 0 Å². The summed E-state index contributed by atoms with van der Waals surface area (Å²) >= 11 is 6.45. The van der Waals surface area contributed by atoms with Crippen molar-refractivity contribution in [2.45, 2.75) is 46.8 Å². The van der Waals surface area contributed by atoms with Gasteiger partial charge in [0.2, 0.25) is 0 Å². The first-order valence-electron chi connectivity index (χ1n) is 11.4. The molecule has 0 radical (unpaired) electrons. The summed E-state index contributed by atoms with van der Waals surface area (Å²) in [6.45, 7) is 8.79. The summed E-state index contributed by atoms with van der Waals surface area (Å²) in [6.07, 6.45) is 4.84. The van der Waals surface area contributed by atoms with Crippen LogP contribution >= 0.6 is 11.6 Å². The standard InChI is InChI=1S/C27H27ClN4O4/c1-16-8-6-10-29-20(16)15-36-22-12-18(3)32(26(34)24(22)28)21-13-23(30-14-17(21)2)31-11-7-9-19(25(31)33)27(4,5)35/h6-14,35H,15H2,1-5H3. The van der Waals surface area contributed by atoms with Crippen LogP contribution in [0.3, 0.4) is 0 Å². The van der Waals surface area contributed by atoms with Crippen molar-refractivity contribution in [3.8, 4) is 17.3 Å². The van der Waals surface area contributed by atoms with Gasteiger partial charge in [-0.05, 0) is 63.9 Å². The summed E-state index contributed by atoms with van der Waals surface area (Å²) in [4.78, 5) is 35.1. The molecule has 0 atom stereocenters. The largest absolute Gasteiger partial charge is 0.485 e. The van der Waals surface area contributed by atoms with Crippen LogP contribution in [0.15, 0.2) is 64.6 Å². The molecule has 0 aliphatic rings. The lowest BCUT2D eigenvalue weighted by Gasteiger charge is -2.19. The molecule has 0 spiro atoms. The first-order valence-corrected chi connectivity index (χ1v) is 11.7. The van der Waals surface area contributed by atoms with Crippen LogP contribution in [0.25, 0.3) is 11.5 Å². The summed E-state index contributed by atoms with van der Waals surface area (Å²) in [5.74, 6) is 0.571. The number of hydrogen-bond donors (Lipinski definition) is 1. The molecule has 36 heavy (non-hydrogen) atoms. The van der Waals surface area contributed by atoms with Gasteiger partial charge in [-0.2, -0.15) is 0 Å². The number of pyridine rings is 4. The molecule has 0 bridgehead atoms. The quantitative estimate of drug-likeness (QED) is 0.421. The summed E-state index contributed by atoms with van der Waals surface area (Å²) in [5, 5.41) is 10.3. The van der Waals surface area contributed by atoms with Crippen molar-refractivity contribution in [1.82, 2.24) is 19.1 Å². The fourth-order valence-electron chi connectivity index (χ4n) is 3.92. The number of ether oxygens (including phenoxy) is 1. The summed E-state index contributed by atoms with van der Waals surface area (Å²) in [6, 6.07) is 10.4. The topological polar surface area (TPSA) is 99.2 Å². The number of aliphatic hydroxyl groups is 1. The summed E-state index contributed by atoms with van der Waals surface area (Å²) in [5.41, 5.74) is 1.61. The van der Waals surface area contributed by atoms with Crippen molar-refractivity contribution in [1.29, 1.82) is 0 Å². The predicted molar refractivity (Wildman–Crippen MR) is 138 cm³/mol. The number of halogens is 1. The Morgan fingerprint density at radius 1 is 1.03 bits per heavy atom. The average molecular weight is 507 g/mol. The van der Waals surface area contributed by atoms with Crippen LogP contribution < -0.4 is 15.9 Å². The number of hydrogen-bond acceptors (Lipinski definition) is 6. The minimum atomic E-state index is -1.32. The van der Waals surface area contributed by atoms with Crippen molar-refractivity contribution in [3.05, 3.63) is 109 Å². The highest BCUT2D eigenvalue weighted by Gasteiger charge is 2.22. The highest BCUT2D eigenvalue weighted by Crippen LogP contribution is 2.26. The van der Waals surface area contributed by atoms with E-state index in [0.717, 1.165) is 11.3 Å². The molecule has 4 aromatic heterocycles. The van der Waals surface area contributed by atoms with Crippen LogP contribution in [-0.2, 0) is 12.2 Å². The van der Waals surface area contributed by atoms with E-state index in [1.807, 2.05) is 26.0 Å². The maximum absolute atomic E-state index is 13.4. The lowest BCUT2D eigenvalue weighted by molar-refractivity contribution is 0.0768. The summed E-state index contributed by atoms with van der Waals surface area (Å²) in [7, 11) is 0. The SMILES string of the molecule is Cc1cnc(-n2cccc(C(C)(C)O)c2=O)cc1-n1c(C)cc(OCc2ncccc2C)c(Cl)c1=O. The zero-order valence-electron chi connectivity index (χ0n) is 20.7. The van der Waals surface area contributed by atoms with Gasteiger partial charge in [0.1, 0.15) is 23.2 Å². The molecular weight excluding hydrogens is 480 g/mol. The lowest BCUT2D eigenvalue weighted by atomic mass is 10.0. The Bertz CT molecular complexity index is 1570. The van der Waals surface area contributed by atoms with E-state index in [9.17, 15) is 14.7 Å². The van der Waals surface area contributed by atoms with E-state index in [-0.39, 0.29) is 22.9 Å². The number of aryl methyl sites for hydroxylation is 3. The van der Waals surface area contributed by atoms with E-state index in [1.165, 1.54) is 9.13 Å². The Hall–Kier alpha value is -3.75. The third-order valence-corrected chi connectivity index (χ3v) is 6.28. The van der Waals surface area contributed by atoms with Gasteiger partial charge in [-0.1, -0.05) is 17.7 Å². The molecule has 186 valence electrons. The second kappa shape index (κ2) is 9.72. The molecule has 1 N–H and O–H groups in total. The van der Waals surface area contributed by atoms with Gasteiger partial charge in [-0.3, -0.25) is 23.7 Å². The Labute approximate surface area is 213 Å². The van der Waals surface area contributed by atoms with E-state index >= 15 is 0 Å². The molecule has 0 aromatic carbocycles. The molecule has 0 fully saturated rings. The first-order chi connectivity index (χ1) is 17.0. The number of nitrogens with zero attached hydrogens (tertiary/aromatic N) is 4. The Morgan fingerprint density at radius 2 is 1.78 bits per heavy atom. The molecule has 0 saturated carbocycles. The first kappa shape index (κ1) is 25.3. The fraction of sp³-hybridized carbons (Fsp3) is 0.259. The molecule has 4 rings (SSSR count). The molecular formula is C27H27ClN4O4. The van der Waals surface area contributed by atoms with E-state index in [4.69, 9.17) is 16.3 Å². The molecule has 9 heteroatoms. The van der Waals surface area contributed by atoms with Gasteiger partial charge in [0, 0.05) is 42.0 Å². The van der Waals surface area contributed by atoms with Gasteiger partial charge in [-0.15, -0.1) is 0 Å². The second-order valence-electron chi connectivity index (χ2n) is 9.15. The molecule has 0 unspecified atom stereocenters. The average Bonchev–Trinajstić information content (AvgIpc) is 2.82. The zero-order chi connectivity index (χ0) is 26.2. The van der Waals surface area contributed by atoms with Crippen molar-refractivity contribution in [2.24, 2.45) is 0 Å². The minimum absolute atomic E-state index is 0.0619. The monoisotopic (exact) mass is 506 g/mol. The zero-order valence-corrected chi connectivity index (χ0v) is 21.5. The molecule has 0 aliphatic heterocycles. The third kappa shape index (κ3) is 4.82. The van der Waals surface area contributed by atoms with Crippen LogP contribution in [0.2, 0.25) is 5.02 Å². The van der Waals surface area contributed by atoms with E-state index < -0.39 is 16.7 Å². The van der Waals surface area contributed by atoms with Crippen LogP contribution in [0.4, 0.5) is 0 Å². The number of rotatable bonds is 6. The van der Waals surface area contributed by atoms with E-state index in [1.54, 1.807) is 63.6 Å². The molecule has 0 saturated heterocycles. The van der Waals surface area contributed by atoms with Gasteiger partial charge < -0.3 is 9.84 Å². The molecule has 0 aliphatic carbocycles. The van der Waals surface area contributed by atoms with Crippen molar-refractivity contribution >= 4 is 11.6 Å². The maximum Gasteiger partial charge on any atom is 0.277 e. The van der Waals surface area contributed by atoms with Crippen LogP contribution in [0, 0.1) is 20.8 Å².